The number of benzene rings is 6. The second-order valence-corrected chi connectivity index (χ2v) is 12.4. The lowest BCUT2D eigenvalue weighted by Crippen LogP contribution is -2.14. The fourth-order valence-electron chi connectivity index (χ4n) is 6.73. The average Bonchev–Trinajstić information content (AvgIpc) is 3.37. The van der Waals surface area contributed by atoms with Crippen molar-refractivity contribution in [1.29, 1.82) is 0 Å². The maximum absolute atomic E-state index is 7.58. The minimum absolute atomic E-state index is 0.128. The van der Waals surface area contributed by atoms with Crippen molar-refractivity contribution >= 4 is 5.69 Å². The van der Waals surface area contributed by atoms with E-state index in [1.807, 2.05) is 72.8 Å². The Labute approximate surface area is 274 Å². The number of aromatic nitrogens is 3. The smallest absolute Gasteiger partial charge is 0.187 e. The summed E-state index contributed by atoms with van der Waals surface area (Å²) in [5, 5.41) is 0. The van der Waals surface area contributed by atoms with Gasteiger partial charge in [-0.2, -0.15) is 0 Å². The van der Waals surface area contributed by atoms with Crippen molar-refractivity contribution in [2.24, 2.45) is 0 Å². The third kappa shape index (κ3) is 4.99. The molecular weight excluding hydrogens is 573 g/mol. The van der Waals surface area contributed by atoms with Crippen LogP contribution in [0.3, 0.4) is 0 Å². The Morgan fingerprint density at radius 3 is 1.68 bits per heavy atom. The minimum atomic E-state index is -0.128. The molecule has 4 heteroatoms. The lowest BCUT2D eigenvalue weighted by Gasteiger charge is -2.21. The molecule has 0 bridgehead atoms. The zero-order chi connectivity index (χ0) is 32.0. The van der Waals surface area contributed by atoms with Gasteiger partial charge in [-0.1, -0.05) is 141 Å². The van der Waals surface area contributed by atoms with E-state index in [9.17, 15) is 0 Å². The first-order chi connectivity index (χ1) is 23.0. The molecule has 0 aliphatic heterocycles. The normalized spacial score (nSPS) is 12.6. The molecule has 0 spiro atoms. The molecule has 0 atom stereocenters. The summed E-state index contributed by atoms with van der Waals surface area (Å²) in [6.07, 6.45) is 0. The van der Waals surface area contributed by atoms with Crippen molar-refractivity contribution in [2.45, 2.75) is 19.3 Å². The lowest BCUT2D eigenvalue weighted by molar-refractivity contribution is 0.660. The minimum Gasteiger partial charge on any atom is -0.238 e. The van der Waals surface area contributed by atoms with Gasteiger partial charge in [0.15, 0.2) is 23.2 Å². The highest BCUT2D eigenvalue weighted by atomic mass is 15.0. The van der Waals surface area contributed by atoms with E-state index in [0.717, 1.165) is 44.5 Å². The average molecular weight is 603 g/mol. The number of rotatable bonds is 5. The predicted molar refractivity (Wildman–Crippen MR) is 191 cm³/mol. The Balaban J connectivity index is 1.26. The molecule has 0 amide bonds. The molecule has 7 aromatic rings. The van der Waals surface area contributed by atoms with E-state index in [2.05, 4.69) is 91.5 Å². The Morgan fingerprint density at radius 1 is 0.426 bits per heavy atom. The van der Waals surface area contributed by atoms with Crippen molar-refractivity contribution in [3.05, 3.63) is 168 Å². The molecule has 0 unspecified atom stereocenters. The van der Waals surface area contributed by atoms with Crippen LogP contribution in [-0.4, -0.2) is 15.0 Å². The van der Waals surface area contributed by atoms with Gasteiger partial charge in [0.25, 0.3) is 0 Å². The van der Waals surface area contributed by atoms with E-state index in [-0.39, 0.29) is 5.41 Å². The van der Waals surface area contributed by atoms with Gasteiger partial charge in [-0.15, -0.1) is 0 Å². The fraction of sp³-hybridized carbons (Fsp3) is 0.0698. The molecule has 222 valence electrons. The Hall–Kier alpha value is -6.18. The van der Waals surface area contributed by atoms with Gasteiger partial charge in [0.05, 0.1) is 6.57 Å². The summed E-state index contributed by atoms with van der Waals surface area (Å²) in [5.41, 5.74) is 12.6. The number of nitrogens with zero attached hydrogens (tertiary/aromatic N) is 4. The summed E-state index contributed by atoms with van der Waals surface area (Å²) in [6, 6.07) is 49.9. The van der Waals surface area contributed by atoms with Gasteiger partial charge in [-0.25, -0.2) is 19.8 Å². The predicted octanol–water partition coefficient (Wildman–Crippen LogP) is 11.1. The second kappa shape index (κ2) is 11.3. The summed E-state index contributed by atoms with van der Waals surface area (Å²) in [7, 11) is 0. The van der Waals surface area contributed by atoms with Gasteiger partial charge >= 0.3 is 0 Å². The van der Waals surface area contributed by atoms with E-state index in [1.54, 1.807) is 0 Å². The van der Waals surface area contributed by atoms with E-state index in [0.29, 0.717) is 23.2 Å². The van der Waals surface area contributed by atoms with Crippen LogP contribution in [0, 0.1) is 6.57 Å². The second-order valence-electron chi connectivity index (χ2n) is 12.4. The molecule has 6 aromatic carbocycles. The Kier molecular flexibility index (Phi) is 6.82. The molecule has 0 fully saturated rings. The topological polar surface area (TPSA) is 43.0 Å². The van der Waals surface area contributed by atoms with Crippen LogP contribution >= 0.6 is 0 Å². The van der Waals surface area contributed by atoms with Crippen molar-refractivity contribution in [3.8, 4) is 67.5 Å². The molecule has 47 heavy (non-hydrogen) atoms. The third-order valence-electron chi connectivity index (χ3n) is 9.16. The number of hydrogen-bond donors (Lipinski definition) is 0. The van der Waals surface area contributed by atoms with Crippen molar-refractivity contribution in [1.82, 2.24) is 15.0 Å². The maximum Gasteiger partial charge on any atom is 0.187 e. The van der Waals surface area contributed by atoms with Crippen LogP contribution in [0.25, 0.3) is 72.4 Å². The Bertz CT molecular complexity index is 2330. The zero-order valence-corrected chi connectivity index (χ0v) is 26.1. The molecule has 1 aliphatic carbocycles. The van der Waals surface area contributed by atoms with Crippen LogP contribution in [-0.2, 0) is 5.41 Å². The SMILES string of the molecule is [C-]#[N+]c1ccc2c(c1)-c1cc(-c3cccc(-c4nc(-c5ccccc5)nc(-c5ccccc5-c5ccccc5)n4)c3)ccc1C2(C)C. The summed E-state index contributed by atoms with van der Waals surface area (Å²) in [6.45, 7) is 12.1. The molecule has 1 aliphatic rings. The van der Waals surface area contributed by atoms with Crippen LogP contribution < -0.4 is 0 Å². The highest BCUT2D eigenvalue weighted by Gasteiger charge is 2.35. The Morgan fingerprint density at radius 2 is 0.957 bits per heavy atom. The molecule has 1 aromatic heterocycles. The quantitative estimate of drug-likeness (QED) is 0.184. The summed E-state index contributed by atoms with van der Waals surface area (Å²) in [4.78, 5) is 18.8. The van der Waals surface area contributed by atoms with E-state index in [1.165, 1.54) is 16.7 Å². The van der Waals surface area contributed by atoms with Gasteiger partial charge in [0, 0.05) is 22.1 Å². The third-order valence-corrected chi connectivity index (χ3v) is 9.16. The number of hydrogen-bond acceptors (Lipinski definition) is 3. The van der Waals surface area contributed by atoms with Crippen molar-refractivity contribution < 1.29 is 0 Å². The molecule has 0 N–H and O–H groups in total. The molecule has 0 saturated carbocycles. The summed E-state index contributed by atoms with van der Waals surface area (Å²) >= 11 is 0. The summed E-state index contributed by atoms with van der Waals surface area (Å²) < 4.78 is 0. The largest absolute Gasteiger partial charge is 0.238 e. The highest BCUT2D eigenvalue weighted by molar-refractivity contribution is 5.87. The fourth-order valence-corrected chi connectivity index (χ4v) is 6.73. The molecule has 8 rings (SSSR count). The molecular formula is C43H30N4. The first-order valence-electron chi connectivity index (χ1n) is 15.7. The van der Waals surface area contributed by atoms with Gasteiger partial charge in [-0.3, -0.25) is 0 Å². The zero-order valence-electron chi connectivity index (χ0n) is 26.1. The van der Waals surface area contributed by atoms with Gasteiger partial charge < -0.3 is 0 Å². The van der Waals surface area contributed by atoms with E-state index in [4.69, 9.17) is 21.5 Å². The molecule has 0 saturated heterocycles. The van der Waals surface area contributed by atoms with E-state index >= 15 is 0 Å². The lowest BCUT2D eigenvalue weighted by atomic mass is 9.82. The maximum atomic E-state index is 7.58. The summed E-state index contributed by atoms with van der Waals surface area (Å²) in [5.74, 6) is 1.88. The standard InChI is InChI=1S/C43H30N4/c1-43(2)38-23-21-31(26-36(38)37-27-33(44-3)22-24-39(37)43)30-17-12-18-32(25-30)41-45-40(29-15-8-5-9-16-29)46-42(47-41)35-20-11-10-19-34(35)28-13-6-4-7-14-28/h4-27H,1-2H3. The van der Waals surface area contributed by atoms with Crippen LogP contribution in [0.5, 0.6) is 0 Å². The van der Waals surface area contributed by atoms with Crippen molar-refractivity contribution in [2.75, 3.05) is 0 Å². The first-order valence-corrected chi connectivity index (χ1v) is 15.7. The molecule has 0 radical (unpaired) electrons. The van der Waals surface area contributed by atoms with Gasteiger partial charge in [-0.05, 0) is 62.7 Å². The number of fused-ring (bicyclic) bond motifs is 3. The van der Waals surface area contributed by atoms with E-state index < -0.39 is 0 Å². The highest BCUT2D eigenvalue weighted by Crippen LogP contribution is 2.50. The molecule has 1 heterocycles. The van der Waals surface area contributed by atoms with Gasteiger partial charge in [0.1, 0.15) is 0 Å². The van der Waals surface area contributed by atoms with Crippen LogP contribution in [0.2, 0.25) is 0 Å². The van der Waals surface area contributed by atoms with Crippen LogP contribution in [0.4, 0.5) is 5.69 Å². The van der Waals surface area contributed by atoms with Crippen LogP contribution in [0.15, 0.2) is 146 Å². The monoisotopic (exact) mass is 602 g/mol. The first kappa shape index (κ1) is 28.3. The van der Waals surface area contributed by atoms with Crippen LogP contribution in [0.1, 0.15) is 25.0 Å². The van der Waals surface area contributed by atoms with Crippen molar-refractivity contribution in [3.63, 3.8) is 0 Å². The van der Waals surface area contributed by atoms with Gasteiger partial charge in [0.2, 0.25) is 0 Å². The molecule has 4 nitrogen and oxygen atoms in total.